The van der Waals surface area contributed by atoms with Crippen LogP contribution in [0.5, 0.6) is 11.5 Å². The number of thiocarbonyl (C=S) groups is 1. The lowest BCUT2D eigenvalue weighted by molar-refractivity contribution is 0.414. The minimum Gasteiger partial charge on any atom is -0.497 e. The molecule has 0 unspecified atom stereocenters. The van der Waals surface area contributed by atoms with Crippen LogP contribution in [0.1, 0.15) is 6.42 Å². The third kappa shape index (κ3) is 6.29. The maximum absolute atomic E-state index is 5.29. The molecule has 0 atom stereocenters. The Morgan fingerprint density at radius 3 is 2.12 bits per heavy atom. The van der Waals surface area contributed by atoms with Crippen LogP contribution in [0.3, 0.4) is 0 Å². The van der Waals surface area contributed by atoms with Gasteiger partial charge in [-0.1, -0.05) is 0 Å². The molecule has 0 aliphatic carbocycles. The molecule has 0 spiro atoms. The van der Waals surface area contributed by atoms with Crippen molar-refractivity contribution in [3.8, 4) is 11.5 Å². The van der Waals surface area contributed by atoms with E-state index in [1.165, 1.54) is 4.90 Å². The van der Waals surface area contributed by atoms with E-state index < -0.39 is 0 Å². The lowest BCUT2D eigenvalue weighted by Gasteiger charge is -2.11. The van der Waals surface area contributed by atoms with E-state index in [2.05, 4.69) is 22.8 Å². The first-order valence-electron chi connectivity index (χ1n) is 7.67. The molecule has 128 valence electrons. The number of benzene rings is 2. The molecular formula is C18H22N2O2S2. The highest BCUT2D eigenvalue weighted by Gasteiger charge is 1.99. The number of methoxy groups -OCH3 is 2. The Morgan fingerprint density at radius 2 is 1.54 bits per heavy atom. The zero-order chi connectivity index (χ0) is 17.2. The van der Waals surface area contributed by atoms with Crippen molar-refractivity contribution in [3.05, 3.63) is 48.5 Å². The van der Waals surface area contributed by atoms with Gasteiger partial charge in [-0.05, 0) is 72.9 Å². The Labute approximate surface area is 152 Å². The molecule has 24 heavy (non-hydrogen) atoms. The van der Waals surface area contributed by atoms with Crippen LogP contribution in [0.2, 0.25) is 0 Å². The standard InChI is InChI=1S/C18H22N2O2S2/c1-21-15-6-4-14(5-7-15)20-18(23)19-12-3-13-24-17-10-8-16(22-2)9-11-17/h4-11H,3,12-13H2,1-2H3,(H2,19,20,23). The Hall–Kier alpha value is -1.92. The highest BCUT2D eigenvalue weighted by molar-refractivity contribution is 7.99. The van der Waals surface area contributed by atoms with E-state index in [4.69, 9.17) is 21.7 Å². The van der Waals surface area contributed by atoms with Crippen molar-refractivity contribution in [2.45, 2.75) is 11.3 Å². The molecule has 0 radical (unpaired) electrons. The molecule has 0 fully saturated rings. The quantitative estimate of drug-likeness (QED) is 0.417. The number of hydrogen-bond donors (Lipinski definition) is 2. The van der Waals surface area contributed by atoms with Crippen LogP contribution < -0.4 is 20.1 Å². The van der Waals surface area contributed by atoms with Crippen LogP contribution >= 0.6 is 24.0 Å². The molecule has 0 heterocycles. The number of anilines is 1. The van der Waals surface area contributed by atoms with Crippen LogP contribution in [-0.4, -0.2) is 31.6 Å². The molecule has 0 aromatic heterocycles. The Kier molecular flexibility index (Phi) is 7.71. The van der Waals surface area contributed by atoms with Crippen LogP contribution in [0.4, 0.5) is 5.69 Å². The van der Waals surface area contributed by atoms with E-state index in [1.807, 2.05) is 48.2 Å². The van der Waals surface area contributed by atoms with Gasteiger partial charge in [0.05, 0.1) is 14.2 Å². The van der Waals surface area contributed by atoms with E-state index >= 15 is 0 Å². The molecule has 2 N–H and O–H groups in total. The second kappa shape index (κ2) is 10.1. The summed E-state index contributed by atoms with van der Waals surface area (Å²) >= 11 is 7.12. The average Bonchev–Trinajstić information content (AvgIpc) is 2.62. The lowest BCUT2D eigenvalue weighted by atomic mass is 10.3. The van der Waals surface area contributed by atoms with Gasteiger partial charge < -0.3 is 20.1 Å². The van der Waals surface area contributed by atoms with Crippen LogP contribution in [0.25, 0.3) is 0 Å². The molecule has 4 nitrogen and oxygen atoms in total. The van der Waals surface area contributed by atoms with Gasteiger partial charge in [-0.3, -0.25) is 0 Å². The Morgan fingerprint density at radius 1 is 0.958 bits per heavy atom. The van der Waals surface area contributed by atoms with Crippen molar-refractivity contribution in [2.24, 2.45) is 0 Å². The maximum atomic E-state index is 5.29. The number of ether oxygens (including phenoxy) is 2. The molecule has 0 saturated heterocycles. The van der Waals surface area contributed by atoms with Crippen LogP contribution in [0.15, 0.2) is 53.4 Å². The average molecular weight is 363 g/mol. The molecule has 2 aromatic rings. The van der Waals surface area contributed by atoms with E-state index in [9.17, 15) is 0 Å². The second-order valence-electron chi connectivity index (χ2n) is 4.99. The summed E-state index contributed by atoms with van der Waals surface area (Å²) in [5, 5.41) is 7.01. The van der Waals surface area contributed by atoms with Gasteiger partial charge in [-0.15, -0.1) is 11.8 Å². The van der Waals surface area contributed by atoms with Gasteiger partial charge >= 0.3 is 0 Å². The maximum Gasteiger partial charge on any atom is 0.170 e. The van der Waals surface area contributed by atoms with Gasteiger partial charge in [0.15, 0.2) is 5.11 Å². The number of rotatable bonds is 8. The molecule has 0 aliphatic rings. The van der Waals surface area contributed by atoms with Crippen molar-refractivity contribution < 1.29 is 9.47 Å². The summed E-state index contributed by atoms with van der Waals surface area (Å²) in [6, 6.07) is 15.8. The third-order valence-electron chi connectivity index (χ3n) is 3.28. The lowest BCUT2D eigenvalue weighted by Crippen LogP contribution is -2.29. The van der Waals surface area contributed by atoms with Crippen molar-refractivity contribution >= 4 is 34.8 Å². The van der Waals surface area contributed by atoms with Gasteiger partial charge in [0.25, 0.3) is 0 Å². The van der Waals surface area contributed by atoms with Crippen LogP contribution in [0, 0.1) is 0 Å². The molecule has 2 aromatic carbocycles. The summed E-state index contributed by atoms with van der Waals surface area (Å²) < 4.78 is 10.3. The molecule has 0 saturated carbocycles. The molecule has 2 rings (SSSR count). The first-order valence-corrected chi connectivity index (χ1v) is 9.06. The van der Waals surface area contributed by atoms with Gasteiger partial charge in [-0.25, -0.2) is 0 Å². The molecule has 0 bridgehead atoms. The predicted molar refractivity (Wildman–Crippen MR) is 106 cm³/mol. The second-order valence-corrected chi connectivity index (χ2v) is 6.56. The van der Waals surface area contributed by atoms with Crippen molar-refractivity contribution in [3.63, 3.8) is 0 Å². The molecule has 6 heteroatoms. The monoisotopic (exact) mass is 362 g/mol. The third-order valence-corrected chi connectivity index (χ3v) is 4.63. The molecular weight excluding hydrogens is 340 g/mol. The summed E-state index contributed by atoms with van der Waals surface area (Å²) in [7, 11) is 3.33. The fourth-order valence-electron chi connectivity index (χ4n) is 1.99. The SMILES string of the molecule is COc1ccc(NC(=S)NCCCSc2ccc(OC)cc2)cc1. The normalized spacial score (nSPS) is 10.1. The van der Waals surface area contributed by atoms with Crippen molar-refractivity contribution in [1.29, 1.82) is 0 Å². The predicted octanol–water partition coefficient (Wildman–Crippen LogP) is 4.17. The van der Waals surface area contributed by atoms with Gasteiger partial charge in [0, 0.05) is 17.1 Å². The van der Waals surface area contributed by atoms with Gasteiger partial charge in [-0.2, -0.15) is 0 Å². The minimum atomic E-state index is 0.634. The summed E-state index contributed by atoms with van der Waals surface area (Å²) in [5.41, 5.74) is 0.945. The smallest absolute Gasteiger partial charge is 0.170 e. The highest BCUT2D eigenvalue weighted by atomic mass is 32.2. The van der Waals surface area contributed by atoms with Gasteiger partial charge in [0.2, 0.25) is 0 Å². The number of hydrogen-bond acceptors (Lipinski definition) is 4. The van der Waals surface area contributed by atoms with Crippen molar-refractivity contribution in [1.82, 2.24) is 5.32 Å². The first kappa shape index (κ1) is 18.4. The zero-order valence-electron chi connectivity index (χ0n) is 13.9. The number of thioether (sulfide) groups is 1. The molecule has 0 aliphatic heterocycles. The van der Waals surface area contributed by atoms with Gasteiger partial charge in [0.1, 0.15) is 11.5 Å². The van der Waals surface area contributed by atoms with E-state index in [0.717, 1.165) is 35.9 Å². The van der Waals surface area contributed by atoms with E-state index in [1.54, 1.807) is 14.2 Å². The zero-order valence-corrected chi connectivity index (χ0v) is 15.5. The molecule has 0 amide bonds. The highest BCUT2D eigenvalue weighted by Crippen LogP contribution is 2.21. The summed E-state index contributed by atoms with van der Waals surface area (Å²) in [5.74, 6) is 2.75. The van der Waals surface area contributed by atoms with E-state index in [0.29, 0.717) is 5.11 Å². The topological polar surface area (TPSA) is 42.5 Å². The Balaban J connectivity index is 1.61. The minimum absolute atomic E-state index is 0.634. The van der Waals surface area contributed by atoms with Crippen LogP contribution in [-0.2, 0) is 0 Å². The fraction of sp³-hybridized carbons (Fsp3) is 0.278. The Bertz CT molecular complexity index is 630. The fourth-order valence-corrected chi connectivity index (χ4v) is 3.06. The first-order chi connectivity index (χ1) is 11.7. The summed E-state index contributed by atoms with van der Waals surface area (Å²) in [6.45, 7) is 0.838. The summed E-state index contributed by atoms with van der Waals surface area (Å²) in [6.07, 6.45) is 1.03. The van der Waals surface area contributed by atoms with Crippen molar-refractivity contribution in [2.75, 3.05) is 31.8 Å². The summed E-state index contributed by atoms with van der Waals surface area (Å²) in [4.78, 5) is 1.25. The van der Waals surface area contributed by atoms with E-state index in [-0.39, 0.29) is 0 Å². The largest absolute Gasteiger partial charge is 0.497 e. The number of nitrogens with one attached hydrogen (secondary N) is 2.